The number of cyclic esters (lactones) is 1. The van der Waals surface area contributed by atoms with Crippen molar-refractivity contribution in [1.82, 2.24) is 0 Å². The molecule has 1 aromatic rings. The average molecular weight is 246 g/mol. The Labute approximate surface area is 109 Å². The van der Waals surface area contributed by atoms with Crippen molar-refractivity contribution in [2.75, 3.05) is 0 Å². The van der Waals surface area contributed by atoms with Gasteiger partial charge in [0, 0.05) is 5.92 Å². The minimum absolute atomic E-state index is 0.0136. The van der Waals surface area contributed by atoms with Crippen molar-refractivity contribution in [2.45, 2.75) is 51.6 Å². The molecule has 1 aliphatic heterocycles. The van der Waals surface area contributed by atoms with Crippen LogP contribution in [0.3, 0.4) is 0 Å². The molecule has 0 spiro atoms. The molecule has 0 unspecified atom stereocenters. The second-order valence-electron chi connectivity index (χ2n) is 5.13. The Morgan fingerprint density at radius 2 is 1.94 bits per heavy atom. The highest BCUT2D eigenvalue weighted by atomic mass is 16.5. The molecule has 1 heterocycles. The zero-order chi connectivity index (χ0) is 12.8. The molecular formula is C16H22O2. The largest absolute Gasteiger partial charge is 0.457 e. The van der Waals surface area contributed by atoms with E-state index in [1.807, 2.05) is 18.2 Å². The monoisotopic (exact) mass is 246 g/mol. The van der Waals surface area contributed by atoms with Crippen LogP contribution in [0.1, 0.15) is 57.1 Å². The highest BCUT2D eigenvalue weighted by molar-refractivity contribution is 5.72. The van der Waals surface area contributed by atoms with Gasteiger partial charge in [0.25, 0.3) is 0 Å². The highest BCUT2D eigenvalue weighted by Crippen LogP contribution is 2.38. The van der Waals surface area contributed by atoms with E-state index in [4.69, 9.17) is 4.74 Å². The lowest BCUT2D eigenvalue weighted by Crippen LogP contribution is -2.07. The van der Waals surface area contributed by atoms with Crippen LogP contribution in [-0.2, 0) is 9.53 Å². The fourth-order valence-corrected chi connectivity index (χ4v) is 2.68. The molecule has 1 fully saturated rings. The van der Waals surface area contributed by atoms with Crippen LogP contribution >= 0.6 is 0 Å². The van der Waals surface area contributed by atoms with Crippen molar-refractivity contribution >= 4 is 5.97 Å². The molecule has 0 aromatic heterocycles. The van der Waals surface area contributed by atoms with E-state index in [2.05, 4.69) is 19.1 Å². The number of ether oxygens (including phenoxy) is 1. The SMILES string of the molecule is CCCCCC[C@H]1CC(=O)O[C@H]1c1ccccc1. The fourth-order valence-electron chi connectivity index (χ4n) is 2.68. The maximum atomic E-state index is 11.5. The van der Waals surface area contributed by atoms with Gasteiger partial charge in [-0.05, 0) is 12.0 Å². The Hall–Kier alpha value is -1.31. The number of esters is 1. The maximum absolute atomic E-state index is 11.5. The summed E-state index contributed by atoms with van der Waals surface area (Å²) in [6.45, 7) is 2.22. The van der Waals surface area contributed by atoms with Crippen LogP contribution in [0.2, 0.25) is 0 Å². The van der Waals surface area contributed by atoms with Crippen LogP contribution in [0.25, 0.3) is 0 Å². The topological polar surface area (TPSA) is 26.3 Å². The van der Waals surface area contributed by atoms with Gasteiger partial charge in [-0.15, -0.1) is 0 Å². The fraction of sp³-hybridized carbons (Fsp3) is 0.562. The zero-order valence-electron chi connectivity index (χ0n) is 11.1. The average Bonchev–Trinajstić information content (AvgIpc) is 2.77. The molecule has 0 bridgehead atoms. The van der Waals surface area contributed by atoms with E-state index in [9.17, 15) is 4.79 Å². The van der Waals surface area contributed by atoms with Crippen LogP contribution in [0.5, 0.6) is 0 Å². The van der Waals surface area contributed by atoms with Gasteiger partial charge in [0.2, 0.25) is 0 Å². The smallest absolute Gasteiger partial charge is 0.306 e. The first-order chi connectivity index (χ1) is 8.81. The molecule has 1 aliphatic rings. The van der Waals surface area contributed by atoms with Crippen molar-refractivity contribution < 1.29 is 9.53 Å². The maximum Gasteiger partial charge on any atom is 0.306 e. The van der Waals surface area contributed by atoms with Gasteiger partial charge in [0.05, 0.1) is 6.42 Å². The first-order valence-electron chi connectivity index (χ1n) is 7.05. The number of hydrogen-bond donors (Lipinski definition) is 0. The Kier molecular flexibility index (Phi) is 4.80. The quantitative estimate of drug-likeness (QED) is 0.553. The van der Waals surface area contributed by atoms with E-state index in [0.29, 0.717) is 12.3 Å². The predicted octanol–water partition coefficient (Wildman–Crippen LogP) is 4.26. The Bertz CT molecular complexity index is 372. The Morgan fingerprint density at radius 1 is 1.17 bits per heavy atom. The van der Waals surface area contributed by atoms with E-state index in [0.717, 1.165) is 12.0 Å². The lowest BCUT2D eigenvalue weighted by Gasteiger charge is -2.17. The number of rotatable bonds is 6. The van der Waals surface area contributed by atoms with Gasteiger partial charge in [-0.2, -0.15) is 0 Å². The number of hydrogen-bond acceptors (Lipinski definition) is 2. The summed E-state index contributed by atoms with van der Waals surface area (Å²) >= 11 is 0. The molecule has 0 aliphatic carbocycles. The molecule has 2 atom stereocenters. The summed E-state index contributed by atoms with van der Waals surface area (Å²) in [7, 11) is 0. The molecule has 0 saturated carbocycles. The van der Waals surface area contributed by atoms with Crippen LogP contribution in [0.4, 0.5) is 0 Å². The Balaban J connectivity index is 1.93. The van der Waals surface area contributed by atoms with Gasteiger partial charge in [0.15, 0.2) is 0 Å². The lowest BCUT2D eigenvalue weighted by atomic mass is 9.90. The zero-order valence-corrected chi connectivity index (χ0v) is 11.1. The molecule has 98 valence electrons. The van der Waals surface area contributed by atoms with Gasteiger partial charge in [0.1, 0.15) is 6.10 Å². The molecule has 0 N–H and O–H groups in total. The van der Waals surface area contributed by atoms with Gasteiger partial charge >= 0.3 is 5.97 Å². The van der Waals surface area contributed by atoms with Gasteiger partial charge < -0.3 is 4.74 Å². The number of benzene rings is 1. The minimum Gasteiger partial charge on any atom is -0.457 e. The Morgan fingerprint density at radius 3 is 2.67 bits per heavy atom. The number of carbonyl (C=O) groups is 1. The second-order valence-corrected chi connectivity index (χ2v) is 5.13. The summed E-state index contributed by atoms with van der Waals surface area (Å²) in [6.07, 6.45) is 6.69. The summed E-state index contributed by atoms with van der Waals surface area (Å²) in [5.41, 5.74) is 1.14. The summed E-state index contributed by atoms with van der Waals surface area (Å²) in [6, 6.07) is 10.1. The van der Waals surface area contributed by atoms with E-state index < -0.39 is 0 Å². The normalized spacial score (nSPS) is 23.1. The van der Waals surface area contributed by atoms with Crippen LogP contribution in [0, 0.1) is 5.92 Å². The third-order valence-corrected chi connectivity index (χ3v) is 3.67. The summed E-state index contributed by atoms with van der Waals surface area (Å²) in [5, 5.41) is 0. The van der Waals surface area contributed by atoms with Crippen molar-refractivity contribution in [2.24, 2.45) is 5.92 Å². The molecule has 0 radical (unpaired) electrons. The molecule has 2 nitrogen and oxygen atoms in total. The number of unbranched alkanes of at least 4 members (excludes halogenated alkanes) is 3. The van der Waals surface area contributed by atoms with E-state index >= 15 is 0 Å². The lowest BCUT2D eigenvalue weighted by molar-refractivity contribution is -0.141. The molecule has 2 heteroatoms. The van der Waals surface area contributed by atoms with Gasteiger partial charge in [-0.1, -0.05) is 62.9 Å². The molecule has 1 saturated heterocycles. The van der Waals surface area contributed by atoms with Crippen LogP contribution in [0.15, 0.2) is 30.3 Å². The minimum atomic E-state index is -0.0376. The standard InChI is InChI=1S/C16H22O2/c1-2-3-4-6-11-14-12-15(17)18-16(14)13-9-7-5-8-10-13/h5,7-10,14,16H,2-4,6,11-12H2,1H3/t14-,16-/m0/s1. The van der Waals surface area contributed by atoms with Crippen molar-refractivity contribution in [3.63, 3.8) is 0 Å². The summed E-state index contributed by atoms with van der Waals surface area (Å²) in [4.78, 5) is 11.5. The second kappa shape index (κ2) is 6.58. The molecule has 1 aromatic carbocycles. The molecule has 0 amide bonds. The van der Waals surface area contributed by atoms with Gasteiger partial charge in [-0.3, -0.25) is 4.79 Å². The summed E-state index contributed by atoms with van der Waals surface area (Å²) < 4.78 is 5.48. The third-order valence-electron chi connectivity index (χ3n) is 3.67. The predicted molar refractivity (Wildman–Crippen MR) is 72.1 cm³/mol. The van der Waals surface area contributed by atoms with E-state index in [1.165, 1.54) is 25.7 Å². The van der Waals surface area contributed by atoms with Crippen molar-refractivity contribution in [3.8, 4) is 0 Å². The molecular weight excluding hydrogens is 224 g/mol. The highest BCUT2D eigenvalue weighted by Gasteiger charge is 2.35. The van der Waals surface area contributed by atoms with Gasteiger partial charge in [-0.25, -0.2) is 0 Å². The molecule has 2 rings (SSSR count). The molecule has 18 heavy (non-hydrogen) atoms. The van der Waals surface area contributed by atoms with Crippen molar-refractivity contribution in [3.05, 3.63) is 35.9 Å². The number of carbonyl (C=O) groups excluding carboxylic acids is 1. The van der Waals surface area contributed by atoms with Crippen LogP contribution in [-0.4, -0.2) is 5.97 Å². The van der Waals surface area contributed by atoms with E-state index in [-0.39, 0.29) is 12.1 Å². The van der Waals surface area contributed by atoms with Crippen LogP contribution < -0.4 is 0 Å². The summed E-state index contributed by atoms with van der Waals surface area (Å²) in [5.74, 6) is 0.334. The first kappa shape index (κ1) is 13.1. The van der Waals surface area contributed by atoms with Crippen molar-refractivity contribution in [1.29, 1.82) is 0 Å². The van der Waals surface area contributed by atoms with E-state index in [1.54, 1.807) is 0 Å². The third kappa shape index (κ3) is 3.34. The first-order valence-corrected chi connectivity index (χ1v) is 7.05.